The van der Waals surface area contributed by atoms with Crippen LogP contribution in [0.1, 0.15) is 20.3 Å². The maximum absolute atomic E-state index is 12.3. The Balaban J connectivity index is 2.16. The SMILES string of the molecule is CC[C@H]1OC(=O)[C@H]2[C@H](C(C)=O)[C@]3(COC)C=C(Br)[C@]12O3. The summed E-state index contributed by atoms with van der Waals surface area (Å²) in [6, 6.07) is 0. The number of hydrogen-bond donors (Lipinski definition) is 0. The average molecular weight is 345 g/mol. The minimum absolute atomic E-state index is 0.0705. The van der Waals surface area contributed by atoms with Crippen LogP contribution in [-0.2, 0) is 23.8 Å². The Hall–Kier alpha value is -0.720. The van der Waals surface area contributed by atoms with E-state index in [0.29, 0.717) is 6.42 Å². The second-order valence-electron chi connectivity index (χ2n) is 5.68. The number of ketones is 1. The van der Waals surface area contributed by atoms with E-state index >= 15 is 0 Å². The lowest BCUT2D eigenvalue weighted by atomic mass is 9.68. The molecular formula is C14H17BrO5. The number of methoxy groups -OCH3 is 1. The molecule has 3 aliphatic rings. The van der Waals surface area contributed by atoms with Crippen molar-refractivity contribution in [1.82, 2.24) is 0 Å². The second-order valence-corrected chi connectivity index (χ2v) is 6.53. The minimum atomic E-state index is -0.864. The van der Waals surface area contributed by atoms with Crippen molar-refractivity contribution < 1.29 is 23.8 Å². The fourth-order valence-corrected chi connectivity index (χ4v) is 4.97. The van der Waals surface area contributed by atoms with Crippen molar-refractivity contribution in [3.05, 3.63) is 10.6 Å². The topological polar surface area (TPSA) is 61.8 Å². The van der Waals surface area contributed by atoms with Crippen LogP contribution in [0.25, 0.3) is 0 Å². The molecule has 110 valence electrons. The van der Waals surface area contributed by atoms with Gasteiger partial charge in [-0.3, -0.25) is 9.59 Å². The number of esters is 1. The first kappa shape index (κ1) is 14.2. The van der Waals surface area contributed by atoms with Gasteiger partial charge in [-0.05, 0) is 19.4 Å². The van der Waals surface area contributed by atoms with Crippen LogP contribution in [0.4, 0.5) is 0 Å². The smallest absolute Gasteiger partial charge is 0.313 e. The van der Waals surface area contributed by atoms with Gasteiger partial charge in [0.25, 0.3) is 0 Å². The largest absolute Gasteiger partial charge is 0.459 e. The Kier molecular flexibility index (Phi) is 3.12. The van der Waals surface area contributed by atoms with E-state index in [9.17, 15) is 9.59 Å². The lowest BCUT2D eigenvalue weighted by Gasteiger charge is -2.30. The van der Waals surface area contributed by atoms with Crippen LogP contribution in [0.15, 0.2) is 10.6 Å². The number of ether oxygens (including phenoxy) is 3. The highest BCUT2D eigenvalue weighted by atomic mass is 79.9. The number of carbonyl (C=O) groups is 2. The predicted octanol–water partition coefficient (Wildman–Crippen LogP) is 1.59. The van der Waals surface area contributed by atoms with Crippen molar-refractivity contribution in [1.29, 1.82) is 0 Å². The molecule has 0 unspecified atom stereocenters. The van der Waals surface area contributed by atoms with Crippen molar-refractivity contribution in [2.75, 3.05) is 13.7 Å². The van der Waals surface area contributed by atoms with Crippen LogP contribution in [-0.4, -0.2) is 42.8 Å². The Morgan fingerprint density at radius 3 is 2.80 bits per heavy atom. The highest BCUT2D eigenvalue weighted by Crippen LogP contribution is 2.63. The van der Waals surface area contributed by atoms with Gasteiger partial charge in [0.2, 0.25) is 0 Å². The Morgan fingerprint density at radius 2 is 2.25 bits per heavy atom. The summed E-state index contributed by atoms with van der Waals surface area (Å²) in [7, 11) is 1.56. The molecule has 3 aliphatic heterocycles. The molecule has 0 aromatic carbocycles. The molecule has 0 N–H and O–H groups in total. The zero-order chi connectivity index (χ0) is 14.7. The van der Waals surface area contributed by atoms with E-state index in [4.69, 9.17) is 14.2 Å². The molecule has 2 fully saturated rings. The van der Waals surface area contributed by atoms with Crippen LogP contribution in [0, 0.1) is 11.8 Å². The number of carbonyl (C=O) groups excluding carboxylic acids is 2. The van der Waals surface area contributed by atoms with Crippen LogP contribution in [0.5, 0.6) is 0 Å². The van der Waals surface area contributed by atoms with Gasteiger partial charge in [-0.2, -0.15) is 0 Å². The molecule has 3 rings (SSSR count). The van der Waals surface area contributed by atoms with E-state index in [0.717, 1.165) is 4.48 Å². The maximum atomic E-state index is 12.3. The maximum Gasteiger partial charge on any atom is 0.313 e. The molecule has 0 aromatic heterocycles. The lowest BCUT2D eigenvalue weighted by Crippen LogP contribution is -2.46. The van der Waals surface area contributed by atoms with Crippen molar-refractivity contribution in [2.45, 2.75) is 37.6 Å². The van der Waals surface area contributed by atoms with Gasteiger partial charge < -0.3 is 14.2 Å². The number of Topliss-reactive ketones (excluding diaryl/α,β-unsaturated/α-hetero) is 1. The summed E-state index contributed by atoms with van der Waals surface area (Å²) >= 11 is 3.52. The Morgan fingerprint density at radius 1 is 1.55 bits per heavy atom. The third-order valence-electron chi connectivity index (χ3n) is 4.59. The first-order valence-corrected chi connectivity index (χ1v) is 7.51. The summed E-state index contributed by atoms with van der Waals surface area (Å²) < 4.78 is 17.7. The van der Waals surface area contributed by atoms with Gasteiger partial charge in [0.15, 0.2) is 5.60 Å². The first-order valence-electron chi connectivity index (χ1n) is 6.72. The molecule has 3 heterocycles. The minimum Gasteiger partial charge on any atom is -0.459 e. The van der Waals surface area contributed by atoms with Crippen molar-refractivity contribution in [3.8, 4) is 0 Å². The first-order chi connectivity index (χ1) is 9.43. The molecule has 2 saturated heterocycles. The van der Waals surface area contributed by atoms with Gasteiger partial charge in [-0.1, -0.05) is 22.9 Å². The summed E-state index contributed by atoms with van der Waals surface area (Å²) in [6.07, 6.45) is 2.15. The van der Waals surface area contributed by atoms with Gasteiger partial charge in [0.1, 0.15) is 23.4 Å². The van der Waals surface area contributed by atoms with Gasteiger partial charge in [0, 0.05) is 11.6 Å². The summed E-state index contributed by atoms with van der Waals surface area (Å²) in [6.45, 7) is 3.68. The molecular weight excluding hydrogens is 328 g/mol. The number of fused-ring (bicyclic) bond motifs is 1. The molecule has 20 heavy (non-hydrogen) atoms. The Bertz CT molecular complexity index is 516. The standard InChI is InChI=1S/C14H17BrO5/c1-4-9-14-8(15)5-13(20-14,6-18-3)10(7(2)16)11(14)12(17)19-9/h5,9-11H,4,6H2,1-3H3/t9-,10+,11-,13-,14+/m1/s1. The van der Waals surface area contributed by atoms with Gasteiger partial charge in [0.05, 0.1) is 12.5 Å². The third kappa shape index (κ3) is 1.45. The summed E-state index contributed by atoms with van der Waals surface area (Å²) in [5.74, 6) is -1.55. The number of rotatable bonds is 4. The number of cyclic esters (lactones) is 1. The van der Waals surface area contributed by atoms with Crippen LogP contribution >= 0.6 is 15.9 Å². The molecule has 1 spiro atoms. The molecule has 5 atom stereocenters. The number of hydrogen-bond acceptors (Lipinski definition) is 5. The van der Waals surface area contributed by atoms with Gasteiger partial charge in [-0.15, -0.1) is 0 Å². The zero-order valence-corrected chi connectivity index (χ0v) is 13.2. The molecule has 5 nitrogen and oxygen atoms in total. The quantitative estimate of drug-likeness (QED) is 0.724. The van der Waals surface area contributed by atoms with Crippen molar-refractivity contribution in [2.24, 2.45) is 11.8 Å². The average Bonchev–Trinajstić information content (AvgIpc) is 2.92. The Labute approximate surface area is 125 Å². The summed E-state index contributed by atoms with van der Waals surface area (Å²) in [5.41, 5.74) is -1.72. The summed E-state index contributed by atoms with van der Waals surface area (Å²) in [5, 5.41) is 0. The van der Waals surface area contributed by atoms with E-state index in [-0.39, 0.29) is 24.5 Å². The van der Waals surface area contributed by atoms with Crippen LogP contribution in [0.3, 0.4) is 0 Å². The highest BCUT2D eigenvalue weighted by Gasteiger charge is 2.77. The monoisotopic (exact) mass is 344 g/mol. The molecule has 2 bridgehead atoms. The lowest BCUT2D eigenvalue weighted by molar-refractivity contribution is -0.156. The van der Waals surface area contributed by atoms with Gasteiger partial charge >= 0.3 is 5.97 Å². The molecule has 0 saturated carbocycles. The fraction of sp³-hybridized carbons (Fsp3) is 0.714. The highest BCUT2D eigenvalue weighted by molar-refractivity contribution is 9.11. The van der Waals surface area contributed by atoms with Crippen molar-refractivity contribution in [3.63, 3.8) is 0 Å². The van der Waals surface area contributed by atoms with Gasteiger partial charge in [-0.25, -0.2) is 0 Å². The second kappa shape index (κ2) is 4.39. The third-order valence-corrected chi connectivity index (χ3v) is 5.44. The molecule has 0 radical (unpaired) electrons. The number of halogens is 1. The van der Waals surface area contributed by atoms with E-state index in [1.807, 2.05) is 13.0 Å². The van der Waals surface area contributed by atoms with E-state index in [2.05, 4.69) is 15.9 Å². The van der Waals surface area contributed by atoms with Crippen molar-refractivity contribution >= 4 is 27.7 Å². The van der Waals surface area contributed by atoms with E-state index in [1.165, 1.54) is 6.92 Å². The van der Waals surface area contributed by atoms with Crippen LogP contribution in [0.2, 0.25) is 0 Å². The molecule has 0 aliphatic carbocycles. The molecule has 6 heteroatoms. The zero-order valence-electron chi connectivity index (χ0n) is 11.6. The fourth-order valence-electron chi connectivity index (χ4n) is 4.00. The predicted molar refractivity (Wildman–Crippen MR) is 73.3 cm³/mol. The van der Waals surface area contributed by atoms with Crippen LogP contribution < -0.4 is 0 Å². The van der Waals surface area contributed by atoms with E-state index < -0.39 is 23.0 Å². The molecule has 0 amide bonds. The normalized spacial score (nSPS) is 45.3. The molecule has 0 aromatic rings. The van der Waals surface area contributed by atoms with E-state index in [1.54, 1.807) is 7.11 Å². The summed E-state index contributed by atoms with van der Waals surface area (Å²) in [4.78, 5) is 24.4.